The van der Waals surface area contributed by atoms with Gasteiger partial charge >= 0.3 is 0 Å². The van der Waals surface area contributed by atoms with Crippen molar-refractivity contribution < 1.29 is 13.2 Å². The molecule has 1 aliphatic carbocycles. The molecule has 160 valence electrons. The quantitative estimate of drug-likeness (QED) is 0.451. The molecule has 0 atom stereocenters. The molecule has 6 nitrogen and oxygen atoms in total. The average Bonchev–Trinajstić information content (AvgIpc) is 2.92. The van der Waals surface area contributed by atoms with Crippen LogP contribution < -0.4 is 4.72 Å². The summed E-state index contributed by atoms with van der Waals surface area (Å²) in [6.45, 7) is 3.21. The molecule has 2 rings (SSSR count). The van der Waals surface area contributed by atoms with Crippen molar-refractivity contribution in [3.05, 3.63) is 70.7 Å². The SMILES string of the molecule is CCN(C)C1=CC(OCCCl)=CCC=C1/C(C#N)=C/c1ccc(NS(C)(=O)=O)cc1. The van der Waals surface area contributed by atoms with Crippen LogP contribution >= 0.6 is 11.6 Å². The van der Waals surface area contributed by atoms with Gasteiger partial charge in [-0.2, -0.15) is 5.26 Å². The molecule has 0 fully saturated rings. The van der Waals surface area contributed by atoms with Gasteiger partial charge in [0.2, 0.25) is 10.0 Å². The average molecular weight is 448 g/mol. The van der Waals surface area contributed by atoms with Gasteiger partial charge in [-0.25, -0.2) is 8.42 Å². The number of hydrogen-bond donors (Lipinski definition) is 1. The van der Waals surface area contributed by atoms with Crippen molar-refractivity contribution in [2.45, 2.75) is 13.3 Å². The maximum Gasteiger partial charge on any atom is 0.229 e. The van der Waals surface area contributed by atoms with Crippen LogP contribution in [0.25, 0.3) is 6.08 Å². The van der Waals surface area contributed by atoms with Gasteiger partial charge in [-0.15, -0.1) is 11.6 Å². The van der Waals surface area contributed by atoms with Gasteiger partial charge in [-0.05, 0) is 43.2 Å². The zero-order chi connectivity index (χ0) is 22.1. The van der Waals surface area contributed by atoms with E-state index in [1.165, 1.54) is 0 Å². The molecule has 1 aromatic carbocycles. The molecule has 30 heavy (non-hydrogen) atoms. The van der Waals surface area contributed by atoms with E-state index in [1.807, 2.05) is 32.2 Å². The first-order chi connectivity index (χ1) is 14.3. The van der Waals surface area contributed by atoms with Crippen molar-refractivity contribution in [3.8, 4) is 6.07 Å². The predicted octanol–water partition coefficient (Wildman–Crippen LogP) is 4.27. The maximum atomic E-state index is 11.4. The number of nitriles is 1. The van der Waals surface area contributed by atoms with Crippen molar-refractivity contribution in [2.24, 2.45) is 0 Å². The van der Waals surface area contributed by atoms with Gasteiger partial charge in [0.1, 0.15) is 12.4 Å². The first-order valence-electron chi connectivity index (χ1n) is 9.49. The van der Waals surface area contributed by atoms with Gasteiger partial charge in [0.15, 0.2) is 0 Å². The van der Waals surface area contributed by atoms with E-state index >= 15 is 0 Å². The van der Waals surface area contributed by atoms with E-state index in [1.54, 1.807) is 30.3 Å². The van der Waals surface area contributed by atoms with Crippen LogP contribution in [-0.4, -0.2) is 45.7 Å². The van der Waals surface area contributed by atoms with Crippen LogP contribution in [0, 0.1) is 11.3 Å². The Morgan fingerprint density at radius 3 is 2.60 bits per heavy atom. The highest BCUT2D eigenvalue weighted by Gasteiger charge is 2.17. The molecule has 0 saturated heterocycles. The number of ether oxygens (including phenoxy) is 1. The summed E-state index contributed by atoms with van der Waals surface area (Å²) in [6.07, 6.45) is 9.41. The maximum absolute atomic E-state index is 11.4. The zero-order valence-corrected chi connectivity index (χ0v) is 18.9. The molecule has 0 aliphatic heterocycles. The Kier molecular flexibility index (Phi) is 8.58. The van der Waals surface area contributed by atoms with Gasteiger partial charge in [0, 0.05) is 36.6 Å². The highest BCUT2D eigenvalue weighted by molar-refractivity contribution is 7.92. The lowest BCUT2D eigenvalue weighted by atomic mass is 9.99. The third-order valence-electron chi connectivity index (χ3n) is 4.36. The summed E-state index contributed by atoms with van der Waals surface area (Å²) in [5, 5.41) is 9.86. The number of nitrogens with one attached hydrogen (secondary N) is 1. The van der Waals surface area contributed by atoms with Gasteiger partial charge in [0.25, 0.3) is 0 Å². The van der Waals surface area contributed by atoms with Gasteiger partial charge in [-0.3, -0.25) is 4.72 Å². The first kappa shape index (κ1) is 23.6. The molecule has 8 heteroatoms. The van der Waals surface area contributed by atoms with Crippen LogP contribution in [0.15, 0.2) is 65.1 Å². The standard InChI is InChI=1S/C22H26ClN3O3S/c1-4-26(2)22-15-20(29-13-12-23)6-5-7-21(22)18(16-24)14-17-8-10-19(11-9-17)25-30(3,27)28/h6-11,14-15,25H,4-5,12-13H2,1-3H3/b18-14+. The molecule has 1 aromatic rings. The topological polar surface area (TPSA) is 82.4 Å². The summed E-state index contributed by atoms with van der Waals surface area (Å²) in [6, 6.07) is 9.16. The van der Waals surface area contributed by atoms with Crippen molar-refractivity contribution >= 4 is 33.4 Å². The predicted molar refractivity (Wildman–Crippen MR) is 122 cm³/mol. The van der Waals surface area contributed by atoms with Crippen LogP contribution in [0.5, 0.6) is 0 Å². The molecule has 0 amide bonds. The minimum absolute atomic E-state index is 0.401. The number of allylic oxidation sites excluding steroid dienone is 4. The van der Waals surface area contributed by atoms with E-state index in [2.05, 4.69) is 15.7 Å². The van der Waals surface area contributed by atoms with Crippen molar-refractivity contribution in [2.75, 3.05) is 37.1 Å². The number of likely N-dealkylation sites (N-methyl/N-ethyl adjacent to an activating group) is 1. The van der Waals surface area contributed by atoms with E-state index in [0.29, 0.717) is 30.2 Å². The molecule has 0 aromatic heterocycles. The van der Waals surface area contributed by atoms with Crippen molar-refractivity contribution in [1.82, 2.24) is 4.90 Å². The van der Waals surface area contributed by atoms with Gasteiger partial charge < -0.3 is 9.64 Å². The Bertz CT molecular complexity index is 1020. The summed E-state index contributed by atoms with van der Waals surface area (Å²) in [5.41, 5.74) is 3.48. The molecular weight excluding hydrogens is 422 g/mol. The monoisotopic (exact) mass is 447 g/mol. The largest absolute Gasteiger partial charge is 0.493 e. The molecule has 1 N–H and O–H groups in total. The second kappa shape index (κ2) is 10.9. The number of sulfonamides is 1. The summed E-state index contributed by atoms with van der Waals surface area (Å²) in [5.74, 6) is 1.13. The minimum atomic E-state index is -3.34. The molecule has 1 aliphatic rings. The Balaban J connectivity index is 2.37. The van der Waals surface area contributed by atoms with E-state index in [-0.39, 0.29) is 0 Å². The molecule has 0 radical (unpaired) electrons. The number of nitrogens with zero attached hydrogens (tertiary/aromatic N) is 2. The summed E-state index contributed by atoms with van der Waals surface area (Å²) < 4.78 is 30.9. The number of rotatable bonds is 9. The highest BCUT2D eigenvalue weighted by Crippen LogP contribution is 2.28. The number of benzene rings is 1. The first-order valence-corrected chi connectivity index (χ1v) is 11.9. The van der Waals surface area contributed by atoms with E-state index < -0.39 is 10.0 Å². The lowest BCUT2D eigenvalue weighted by Crippen LogP contribution is -2.19. The molecular formula is C22H26ClN3O3S. The number of hydrogen-bond acceptors (Lipinski definition) is 5. The number of alkyl halides is 1. The fourth-order valence-electron chi connectivity index (χ4n) is 2.86. The Morgan fingerprint density at radius 2 is 2.03 bits per heavy atom. The van der Waals surface area contributed by atoms with Crippen LogP contribution in [0.4, 0.5) is 5.69 Å². The van der Waals surface area contributed by atoms with Crippen molar-refractivity contribution in [1.29, 1.82) is 5.26 Å². The third kappa shape index (κ3) is 6.97. The molecule has 0 heterocycles. The molecule has 0 unspecified atom stereocenters. The van der Waals surface area contributed by atoms with Gasteiger partial charge in [-0.1, -0.05) is 18.2 Å². The Hall–Kier alpha value is -2.69. The minimum Gasteiger partial charge on any atom is -0.493 e. The second-order valence-corrected chi connectivity index (χ2v) is 8.83. The van der Waals surface area contributed by atoms with Crippen LogP contribution in [0.1, 0.15) is 18.9 Å². The van der Waals surface area contributed by atoms with Crippen LogP contribution in [0.2, 0.25) is 0 Å². The third-order valence-corrected chi connectivity index (χ3v) is 5.12. The van der Waals surface area contributed by atoms with Crippen LogP contribution in [-0.2, 0) is 14.8 Å². The fourth-order valence-corrected chi connectivity index (χ4v) is 3.50. The number of halogens is 1. The lowest BCUT2D eigenvalue weighted by Gasteiger charge is -2.23. The fraction of sp³-hybridized carbons (Fsp3) is 0.318. The van der Waals surface area contributed by atoms with Crippen molar-refractivity contribution in [3.63, 3.8) is 0 Å². The second-order valence-electron chi connectivity index (χ2n) is 6.71. The molecule has 0 bridgehead atoms. The van der Waals surface area contributed by atoms with E-state index in [9.17, 15) is 13.7 Å². The zero-order valence-electron chi connectivity index (χ0n) is 17.4. The normalized spacial score (nSPS) is 14.6. The highest BCUT2D eigenvalue weighted by atomic mass is 35.5. The molecule has 0 saturated carbocycles. The molecule has 0 spiro atoms. The van der Waals surface area contributed by atoms with E-state index in [4.69, 9.17) is 16.3 Å². The summed E-state index contributed by atoms with van der Waals surface area (Å²) in [7, 11) is -1.37. The van der Waals surface area contributed by atoms with E-state index in [0.717, 1.165) is 35.4 Å². The smallest absolute Gasteiger partial charge is 0.229 e. The Morgan fingerprint density at radius 1 is 1.33 bits per heavy atom. The summed E-state index contributed by atoms with van der Waals surface area (Å²) in [4.78, 5) is 2.05. The van der Waals surface area contributed by atoms with Gasteiger partial charge in [0.05, 0.1) is 23.8 Å². The lowest BCUT2D eigenvalue weighted by molar-refractivity contribution is 0.242. The van der Waals surface area contributed by atoms with Crippen LogP contribution in [0.3, 0.4) is 0 Å². The number of anilines is 1. The Labute approximate surface area is 183 Å². The summed E-state index contributed by atoms with van der Waals surface area (Å²) >= 11 is 5.74.